The number of rotatable bonds is 5. The van der Waals surface area contributed by atoms with Crippen molar-refractivity contribution in [1.82, 2.24) is 4.90 Å². The highest BCUT2D eigenvalue weighted by molar-refractivity contribution is 5.94. The number of carbonyl (C=O) groups excluding carboxylic acids is 1. The highest BCUT2D eigenvalue weighted by Crippen LogP contribution is 2.30. The minimum Gasteiger partial charge on any atom is -0.331 e. The Labute approximate surface area is 150 Å². The normalized spacial score (nSPS) is 13.3. The summed E-state index contributed by atoms with van der Waals surface area (Å²) < 4.78 is 0. The van der Waals surface area contributed by atoms with Gasteiger partial charge in [0.1, 0.15) is 0 Å². The quantitative estimate of drug-likeness (QED) is 0.891. The van der Waals surface area contributed by atoms with E-state index in [4.69, 9.17) is 5.73 Å². The van der Waals surface area contributed by atoms with E-state index in [1.807, 2.05) is 29.2 Å². The molecule has 24 heavy (non-hydrogen) atoms. The molecule has 1 saturated carbocycles. The average Bonchev–Trinajstić information content (AvgIpc) is 3.40. The lowest BCUT2D eigenvalue weighted by Crippen LogP contribution is -2.32. The van der Waals surface area contributed by atoms with E-state index >= 15 is 0 Å². The molecule has 1 aliphatic rings. The second-order valence-corrected chi connectivity index (χ2v) is 6.48. The molecule has 1 aliphatic carbocycles. The molecule has 1 fully saturated rings. The molecule has 0 aromatic heterocycles. The minimum absolute atomic E-state index is 0. The Morgan fingerprint density at radius 3 is 2.21 bits per heavy atom. The van der Waals surface area contributed by atoms with Crippen molar-refractivity contribution in [3.63, 3.8) is 0 Å². The molecule has 0 spiro atoms. The zero-order valence-electron chi connectivity index (χ0n) is 14.3. The lowest BCUT2D eigenvalue weighted by molar-refractivity contribution is 0.0730. The first-order chi connectivity index (χ1) is 11.1. The molecule has 0 atom stereocenters. The summed E-state index contributed by atoms with van der Waals surface area (Å²) in [5.41, 5.74) is 11.2. The molecule has 4 heteroatoms. The Morgan fingerprint density at radius 1 is 1.04 bits per heavy atom. The number of aryl methyl sites for hydroxylation is 2. The zero-order chi connectivity index (χ0) is 16.4. The van der Waals surface area contributed by atoms with Crippen LogP contribution in [0, 0.1) is 13.8 Å². The molecule has 1 amide bonds. The van der Waals surface area contributed by atoms with Gasteiger partial charge in [-0.3, -0.25) is 4.79 Å². The lowest BCUT2D eigenvalue weighted by Gasteiger charge is -2.23. The molecular weight excluding hydrogens is 320 g/mol. The third kappa shape index (κ3) is 4.16. The van der Waals surface area contributed by atoms with Crippen molar-refractivity contribution in [1.29, 1.82) is 0 Å². The molecule has 128 valence electrons. The summed E-state index contributed by atoms with van der Waals surface area (Å²) in [7, 11) is 0. The van der Waals surface area contributed by atoms with E-state index in [1.165, 1.54) is 16.7 Å². The van der Waals surface area contributed by atoms with Crippen molar-refractivity contribution in [2.45, 2.75) is 45.8 Å². The van der Waals surface area contributed by atoms with Gasteiger partial charge in [-0.15, -0.1) is 12.4 Å². The Balaban J connectivity index is 0.00000208. The van der Waals surface area contributed by atoms with Crippen LogP contribution in [0.2, 0.25) is 0 Å². The van der Waals surface area contributed by atoms with Crippen LogP contribution in [0.25, 0.3) is 0 Å². The second-order valence-electron chi connectivity index (χ2n) is 6.48. The average molecular weight is 345 g/mol. The van der Waals surface area contributed by atoms with E-state index in [-0.39, 0.29) is 18.3 Å². The van der Waals surface area contributed by atoms with Gasteiger partial charge in [0.05, 0.1) is 0 Å². The molecular formula is C20H25ClN2O. The molecule has 0 heterocycles. The maximum absolute atomic E-state index is 12.9. The van der Waals surface area contributed by atoms with Crippen LogP contribution in [0.5, 0.6) is 0 Å². The standard InChI is InChI=1S/C20H24N2O.ClH/c1-14-3-4-17(11-15(14)2)13-22(19-9-10-19)20(23)18-7-5-16(12-21)6-8-18;/h3-8,11,19H,9-10,12-13,21H2,1-2H3;1H. The van der Waals surface area contributed by atoms with Crippen molar-refractivity contribution in [2.75, 3.05) is 0 Å². The summed E-state index contributed by atoms with van der Waals surface area (Å²) in [6.45, 7) is 5.42. The Hall–Kier alpha value is -1.84. The van der Waals surface area contributed by atoms with E-state index in [0.29, 0.717) is 19.1 Å². The van der Waals surface area contributed by atoms with Gasteiger partial charge in [-0.1, -0.05) is 30.3 Å². The van der Waals surface area contributed by atoms with Crippen LogP contribution in [0.1, 0.15) is 45.5 Å². The van der Waals surface area contributed by atoms with E-state index < -0.39 is 0 Å². The first kappa shape index (κ1) is 18.5. The van der Waals surface area contributed by atoms with Crippen molar-refractivity contribution >= 4 is 18.3 Å². The van der Waals surface area contributed by atoms with E-state index in [9.17, 15) is 4.79 Å². The van der Waals surface area contributed by atoms with E-state index in [1.54, 1.807) is 0 Å². The van der Waals surface area contributed by atoms with Gasteiger partial charge in [-0.05, 0) is 61.1 Å². The van der Waals surface area contributed by atoms with Crippen molar-refractivity contribution in [3.05, 3.63) is 70.3 Å². The summed E-state index contributed by atoms with van der Waals surface area (Å²) in [5.74, 6) is 0.120. The third-order valence-corrected chi connectivity index (χ3v) is 4.61. The molecule has 3 rings (SSSR count). The molecule has 3 nitrogen and oxygen atoms in total. The number of nitrogens with two attached hydrogens (primary N) is 1. The summed E-state index contributed by atoms with van der Waals surface area (Å²) >= 11 is 0. The Kier molecular flexibility index (Phi) is 6.03. The molecule has 0 radical (unpaired) electrons. The predicted molar refractivity (Wildman–Crippen MR) is 100 cm³/mol. The van der Waals surface area contributed by atoms with Gasteiger partial charge in [0, 0.05) is 24.7 Å². The molecule has 2 aromatic rings. The van der Waals surface area contributed by atoms with Crippen LogP contribution in [-0.4, -0.2) is 16.8 Å². The van der Waals surface area contributed by atoms with Gasteiger partial charge in [0.25, 0.3) is 5.91 Å². The van der Waals surface area contributed by atoms with Gasteiger partial charge < -0.3 is 10.6 Å². The van der Waals surface area contributed by atoms with Gasteiger partial charge >= 0.3 is 0 Å². The molecule has 0 aliphatic heterocycles. The Morgan fingerprint density at radius 2 is 1.67 bits per heavy atom. The number of hydrogen-bond acceptors (Lipinski definition) is 2. The van der Waals surface area contributed by atoms with Crippen molar-refractivity contribution < 1.29 is 4.79 Å². The van der Waals surface area contributed by atoms with Crippen LogP contribution >= 0.6 is 12.4 Å². The number of benzene rings is 2. The van der Waals surface area contributed by atoms with Gasteiger partial charge in [-0.25, -0.2) is 0 Å². The van der Waals surface area contributed by atoms with Crippen LogP contribution in [0.15, 0.2) is 42.5 Å². The maximum atomic E-state index is 12.9. The highest BCUT2D eigenvalue weighted by Gasteiger charge is 2.33. The molecule has 2 N–H and O–H groups in total. The second kappa shape index (κ2) is 7.82. The van der Waals surface area contributed by atoms with Crippen LogP contribution in [0.3, 0.4) is 0 Å². The first-order valence-electron chi connectivity index (χ1n) is 8.24. The van der Waals surface area contributed by atoms with Gasteiger partial charge in [-0.2, -0.15) is 0 Å². The largest absolute Gasteiger partial charge is 0.331 e. The van der Waals surface area contributed by atoms with Crippen LogP contribution in [-0.2, 0) is 13.1 Å². The smallest absolute Gasteiger partial charge is 0.254 e. The van der Waals surface area contributed by atoms with Crippen LogP contribution < -0.4 is 5.73 Å². The zero-order valence-corrected chi connectivity index (χ0v) is 15.1. The predicted octanol–water partition coefficient (Wildman–Crippen LogP) is 3.99. The topological polar surface area (TPSA) is 46.3 Å². The van der Waals surface area contributed by atoms with Crippen LogP contribution in [0.4, 0.5) is 0 Å². The SMILES string of the molecule is Cc1ccc(CN(C(=O)c2ccc(CN)cc2)C2CC2)cc1C.Cl. The molecule has 0 bridgehead atoms. The number of halogens is 1. The fourth-order valence-corrected chi connectivity index (χ4v) is 2.80. The van der Waals surface area contributed by atoms with Crippen molar-refractivity contribution in [3.8, 4) is 0 Å². The molecule has 0 saturated heterocycles. The monoisotopic (exact) mass is 344 g/mol. The van der Waals surface area contributed by atoms with Gasteiger partial charge in [0.2, 0.25) is 0 Å². The molecule has 2 aromatic carbocycles. The maximum Gasteiger partial charge on any atom is 0.254 e. The number of nitrogens with zero attached hydrogens (tertiary/aromatic N) is 1. The fraction of sp³-hybridized carbons (Fsp3) is 0.350. The third-order valence-electron chi connectivity index (χ3n) is 4.61. The first-order valence-corrected chi connectivity index (χ1v) is 8.24. The Bertz CT molecular complexity index is 708. The summed E-state index contributed by atoms with van der Waals surface area (Å²) in [4.78, 5) is 14.9. The number of carbonyl (C=O) groups is 1. The fourth-order valence-electron chi connectivity index (χ4n) is 2.80. The molecule has 0 unspecified atom stereocenters. The summed E-state index contributed by atoms with van der Waals surface area (Å²) in [6.07, 6.45) is 2.22. The van der Waals surface area contributed by atoms with Gasteiger partial charge in [0.15, 0.2) is 0 Å². The number of hydrogen-bond donors (Lipinski definition) is 1. The van der Waals surface area contributed by atoms with Crippen molar-refractivity contribution in [2.24, 2.45) is 5.73 Å². The highest BCUT2D eigenvalue weighted by atomic mass is 35.5. The number of amides is 1. The van der Waals surface area contributed by atoms with E-state index in [2.05, 4.69) is 32.0 Å². The minimum atomic E-state index is 0. The summed E-state index contributed by atoms with van der Waals surface area (Å²) in [5, 5.41) is 0. The van der Waals surface area contributed by atoms with E-state index in [0.717, 1.165) is 24.0 Å². The lowest BCUT2D eigenvalue weighted by atomic mass is 10.1. The summed E-state index contributed by atoms with van der Waals surface area (Å²) in [6, 6.07) is 14.5.